The van der Waals surface area contributed by atoms with Crippen molar-refractivity contribution in [1.82, 2.24) is 14.3 Å². The van der Waals surface area contributed by atoms with Crippen molar-refractivity contribution in [2.75, 3.05) is 37.8 Å². The zero-order valence-electron chi connectivity index (χ0n) is 19.5. The Morgan fingerprint density at radius 3 is 2.41 bits per heavy atom. The van der Waals surface area contributed by atoms with E-state index in [9.17, 15) is 17.6 Å². The second kappa shape index (κ2) is 9.39. The number of fused-ring (bicyclic) bond motifs is 1. The Labute approximate surface area is 211 Å². The highest BCUT2D eigenvalue weighted by molar-refractivity contribution is 7.89. The van der Waals surface area contributed by atoms with Crippen LogP contribution in [-0.4, -0.2) is 54.9 Å². The third kappa shape index (κ3) is 4.57. The van der Waals surface area contributed by atoms with Gasteiger partial charge in [-0.2, -0.15) is 4.31 Å². The van der Waals surface area contributed by atoms with E-state index in [1.807, 2.05) is 6.07 Å². The summed E-state index contributed by atoms with van der Waals surface area (Å²) in [6.45, 7) is 1.09. The summed E-state index contributed by atoms with van der Waals surface area (Å²) >= 11 is 0. The van der Waals surface area contributed by atoms with Crippen LogP contribution in [0.5, 0.6) is 0 Å². The lowest BCUT2D eigenvalue weighted by atomic mass is 9.99. The number of hydrogen-bond donors (Lipinski definition) is 3. The van der Waals surface area contributed by atoms with Crippen molar-refractivity contribution >= 4 is 38.5 Å². The van der Waals surface area contributed by atoms with Crippen LogP contribution < -0.4 is 17.2 Å². The molecule has 0 aliphatic carbocycles. The topological polar surface area (TPSA) is 168 Å². The van der Waals surface area contributed by atoms with E-state index in [0.29, 0.717) is 46.4 Å². The molecule has 5 rings (SSSR count). The molecule has 2 aromatic carbocycles. The summed E-state index contributed by atoms with van der Waals surface area (Å²) in [7, 11) is -3.86. The summed E-state index contributed by atoms with van der Waals surface area (Å²) in [6, 6.07) is 12.5. The average Bonchev–Trinajstić information content (AvgIpc) is 2.89. The molecule has 1 amide bonds. The standard InChI is InChI=1S/C25H23FN6O4S/c26-20-3-1-15(10-19(20)25(29)33)18-11-16-9-14(2-4-21(16)31-23(18)27)17-12-22(24(28)30-13-17)37(34,35)32-5-7-36-8-6-32/h1-4,9-13H,5-8H2,(H2,27,31)(H2,28,30)(H2,29,33). The Kier molecular flexibility index (Phi) is 6.23. The van der Waals surface area contributed by atoms with E-state index in [4.69, 9.17) is 21.9 Å². The Morgan fingerprint density at radius 1 is 0.946 bits per heavy atom. The van der Waals surface area contributed by atoms with E-state index in [2.05, 4.69) is 9.97 Å². The maximum absolute atomic E-state index is 14.0. The number of aromatic nitrogens is 2. The van der Waals surface area contributed by atoms with Crippen molar-refractivity contribution in [3.8, 4) is 22.3 Å². The van der Waals surface area contributed by atoms with Gasteiger partial charge in [0.2, 0.25) is 10.0 Å². The van der Waals surface area contributed by atoms with Crippen LogP contribution in [0.15, 0.2) is 59.6 Å². The Morgan fingerprint density at radius 2 is 1.68 bits per heavy atom. The van der Waals surface area contributed by atoms with Crippen molar-refractivity contribution < 1.29 is 22.3 Å². The molecule has 1 aliphatic rings. The monoisotopic (exact) mass is 522 g/mol. The fraction of sp³-hybridized carbons (Fsp3) is 0.160. The number of benzene rings is 2. The number of sulfonamides is 1. The van der Waals surface area contributed by atoms with Crippen LogP contribution in [0.3, 0.4) is 0 Å². The number of carbonyl (C=O) groups is 1. The Bertz CT molecular complexity index is 1660. The molecule has 1 saturated heterocycles. The van der Waals surface area contributed by atoms with Gasteiger partial charge in [0.05, 0.1) is 24.3 Å². The van der Waals surface area contributed by atoms with E-state index >= 15 is 0 Å². The number of morpholine rings is 1. The van der Waals surface area contributed by atoms with Crippen LogP contribution in [0.25, 0.3) is 33.2 Å². The quantitative estimate of drug-likeness (QED) is 0.359. The predicted octanol–water partition coefficient (Wildman–Crippen LogP) is 2.39. The first-order valence-electron chi connectivity index (χ1n) is 11.3. The van der Waals surface area contributed by atoms with Crippen LogP contribution in [0.2, 0.25) is 0 Å². The molecule has 2 aromatic heterocycles. The number of pyridine rings is 2. The molecular formula is C25H23FN6O4S. The van der Waals surface area contributed by atoms with Gasteiger partial charge in [0.1, 0.15) is 22.3 Å². The van der Waals surface area contributed by atoms with E-state index in [1.165, 1.54) is 28.7 Å². The van der Waals surface area contributed by atoms with Crippen molar-refractivity contribution in [2.24, 2.45) is 5.73 Å². The van der Waals surface area contributed by atoms with Gasteiger partial charge in [0.15, 0.2) is 0 Å². The number of ether oxygens (including phenoxy) is 1. The lowest BCUT2D eigenvalue weighted by molar-refractivity contribution is 0.0730. The molecule has 190 valence electrons. The number of anilines is 2. The van der Waals surface area contributed by atoms with Crippen molar-refractivity contribution in [1.29, 1.82) is 0 Å². The van der Waals surface area contributed by atoms with Gasteiger partial charge in [-0.3, -0.25) is 4.79 Å². The maximum atomic E-state index is 14.0. The first-order valence-corrected chi connectivity index (χ1v) is 12.7. The first-order chi connectivity index (χ1) is 17.6. The summed E-state index contributed by atoms with van der Waals surface area (Å²) in [5, 5.41) is 0.682. The van der Waals surface area contributed by atoms with Crippen molar-refractivity contribution in [3.05, 3.63) is 66.1 Å². The molecule has 0 unspecified atom stereocenters. The third-order valence-corrected chi connectivity index (χ3v) is 8.12. The van der Waals surface area contributed by atoms with Gasteiger partial charge in [-0.25, -0.2) is 22.8 Å². The third-order valence-electron chi connectivity index (χ3n) is 6.19. The lowest BCUT2D eigenvalue weighted by Gasteiger charge is -2.26. The maximum Gasteiger partial charge on any atom is 0.251 e. The van der Waals surface area contributed by atoms with E-state index in [-0.39, 0.29) is 35.2 Å². The summed E-state index contributed by atoms with van der Waals surface area (Å²) in [6.07, 6.45) is 1.50. The highest BCUT2D eigenvalue weighted by atomic mass is 32.2. The van der Waals surface area contributed by atoms with Crippen LogP contribution in [0.4, 0.5) is 16.0 Å². The predicted molar refractivity (Wildman–Crippen MR) is 137 cm³/mol. The number of rotatable bonds is 5. The fourth-order valence-corrected chi connectivity index (χ4v) is 5.73. The lowest BCUT2D eigenvalue weighted by Crippen LogP contribution is -2.40. The Hall–Kier alpha value is -4.13. The fourth-order valence-electron chi connectivity index (χ4n) is 4.23. The molecule has 12 heteroatoms. The molecule has 0 bridgehead atoms. The van der Waals surface area contributed by atoms with Gasteiger partial charge < -0.3 is 21.9 Å². The molecule has 1 fully saturated rings. The number of nitrogen functional groups attached to an aromatic ring is 2. The molecule has 6 N–H and O–H groups in total. The SMILES string of the molecule is NC(=O)c1cc(-c2cc3cc(-c4cnc(N)c(S(=O)(=O)N5CCOCC5)c4)ccc3nc2N)ccc1F. The van der Waals surface area contributed by atoms with Gasteiger partial charge in [-0.15, -0.1) is 0 Å². The summed E-state index contributed by atoms with van der Waals surface area (Å²) < 4.78 is 47.0. The number of hydrogen-bond acceptors (Lipinski definition) is 8. The van der Waals surface area contributed by atoms with Gasteiger partial charge in [0.25, 0.3) is 5.91 Å². The molecule has 3 heterocycles. The van der Waals surface area contributed by atoms with Crippen molar-refractivity contribution in [3.63, 3.8) is 0 Å². The number of nitrogens with two attached hydrogens (primary N) is 3. The molecule has 0 spiro atoms. The second-order valence-electron chi connectivity index (χ2n) is 8.51. The highest BCUT2D eigenvalue weighted by Crippen LogP contribution is 2.33. The van der Waals surface area contributed by atoms with Crippen LogP contribution in [0.1, 0.15) is 10.4 Å². The minimum Gasteiger partial charge on any atom is -0.383 e. The molecule has 0 atom stereocenters. The molecular weight excluding hydrogens is 499 g/mol. The smallest absolute Gasteiger partial charge is 0.251 e. The van der Waals surface area contributed by atoms with Gasteiger partial charge in [-0.05, 0) is 47.5 Å². The summed E-state index contributed by atoms with van der Waals surface area (Å²) in [5.41, 5.74) is 19.9. The number of amides is 1. The highest BCUT2D eigenvalue weighted by Gasteiger charge is 2.29. The van der Waals surface area contributed by atoms with Crippen molar-refractivity contribution in [2.45, 2.75) is 4.90 Å². The molecule has 10 nitrogen and oxygen atoms in total. The zero-order valence-corrected chi connectivity index (χ0v) is 20.3. The first kappa shape index (κ1) is 24.6. The number of primary amides is 1. The normalized spacial score (nSPS) is 14.6. The summed E-state index contributed by atoms with van der Waals surface area (Å²) in [5.74, 6) is -1.53. The number of nitrogens with zero attached hydrogens (tertiary/aromatic N) is 3. The number of carbonyl (C=O) groups excluding carboxylic acids is 1. The van der Waals surface area contributed by atoms with E-state index in [1.54, 1.807) is 18.2 Å². The second-order valence-corrected chi connectivity index (χ2v) is 10.4. The largest absolute Gasteiger partial charge is 0.383 e. The minimum absolute atomic E-state index is 0.0755. The molecule has 1 aliphatic heterocycles. The molecule has 37 heavy (non-hydrogen) atoms. The van der Waals surface area contributed by atoms with Crippen LogP contribution in [0, 0.1) is 5.82 Å². The van der Waals surface area contributed by atoms with E-state index in [0.717, 1.165) is 6.07 Å². The molecule has 0 radical (unpaired) electrons. The summed E-state index contributed by atoms with van der Waals surface area (Å²) in [4.78, 5) is 20.1. The van der Waals surface area contributed by atoms with Crippen LogP contribution >= 0.6 is 0 Å². The van der Waals surface area contributed by atoms with Crippen LogP contribution in [-0.2, 0) is 14.8 Å². The number of halogens is 1. The molecule has 0 saturated carbocycles. The van der Waals surface area contributed by atoms with Gasteiger partial charge in [0, 0.05) is 35.8 Å². The average molecular weight is 523 g/mol. The van der Waals surface area contributed by atoms with Gasteiger partial charge >= 0.3 is 0 Å². The van der Waals surface area contributed by atoms with Gasteiger partial charge in [-0.1, -0.05) is 12.1 Å². The van der Waals surface area contributed by atoms with E-state index < -0.39 is 21.7 Å². The molecule has 4 aromatic rings. The minimum atomic E-state index is -3.86. The zero-order chi connectivity index (χ0) is 26.3. The Balaban J connectivity index is 1.58.